The Morgan fingerprint density at radius 2 is 1.86 bits per heavy atom. The quantitative estimate of drug-likeness (QED) is 0.600. The van der Waals surface area contributed by atoms with Crippen LogP contribution in [0.25, 0.3) is 0 Å². The molecule has 1 rings (SSSR count). The Bertz CT molecular complexity index is 147. The summed E-state index contributed by atoms with van der Waals surface area (Å²) >= 11 is 3.75. The van der Waals surface area contributed by atoms with Crippen molar-refractivity contribution < 1.29 is 0 Å². The molecule has 1 aliphatic rings. The predicted molar refractivity (Wildman–Crippen MR) is 68.0 cm³/mol. The summed E-state index contributed by atoms with van der Waals surface area (Å²) in [5.41, 5.74) is 0.660. The van der Waals surface area contributed by atoms with Crippen LogP contribution in [0.3, 0.4) is 0 Å². The minimum atomic E-state index is 0.660. The summed E-state index contributed by atoms with van der Waals surface area (Å²) < 4.78 is 0. The minimum absolute atomic E-state index is 0.660. The zero-order chi connectivity index (χ0) is 10.4. The van der Waals surface area contributed by atoms with E-state index in [-0.39, 0.29) is 0 Å². The van der Waals surface area contributed by atoms with Crippen molar-refractivity contribution in [1.29, 1.82) is 0 Å². The molecule has 0 aromatic carbocycles. The van der Waals surface area contributed by atoms with Crippen LogP contribution in [0.2, 0.25) is 0 Å². The summed E-state index contributed by atoms with van der Waals surface area (Å²) in [6, 6.07) is 0. The van der Waals surface area contributed by atoms with Crippen LogP contribution in [0.4, 0.5) is 0 Å². The van der Waals surface area contributed by atoms with E-state index < -0.39 is 0 Å². The van der Waals surface area contributed by atoms with Crippen LogP contribution in [0.1, 0.15) is 65.2 Å². The van der Waals surface area contributed by atoms with Gasteiger partial charge in [-0.1, -0.05) is 61.9 Å². The molecule has 1 saturated carbocycles. The summed E-state index contributed by atoms with van der Waals surface area (Å²) in [6.07, 6.45) is 11.5. The van der Waals surface area contributed by atoms with Gasteiger partial charge in [-0.15, -0.1) is 0 Å². The third kappa shape index (κ3) is 3.56. The molecule has 0 aromatic rings. The second-order valence-corrected chi connectivity index (χ2v) is 5.85. The fourth-order valence-electron chi connectivity index (χ4n) is 3.03. The molecular formula is C13H25Br. The van der Waals surface area contributed by atoms with E-state index >= 15 is 0 Å². The number of hydrogen-bond donors (Lipinski definition) is 0. The molecule has 84 valence electrons. The van der Waals surface area contributed by atoms with Gasteiger partial charge in [-0.2, -0.15) is 0 Å². The van der Waals surface area contributed by atoms with Crippen LogP contribution in [0.5, 0.6) is 0 Å². The molecular weight excluding hydrogens is 236 g/mol. The second-order valence-electron chi connectivity index (χ2n) is 5.29. The zero-order valence-corrected chi connectivity index (χ0v) is 11.4. The lowest BCUT2D eigenvalue weighted by atomic mass is 9.70. The van der Waals surface area contributed by atoms with Crippen LogP contribution in [-0.2, 0) is 0 Å². The molecule has 0 spiro atoms. The molecule has 0 aliphatic heterocycles. The van der Waals surface area contributed by atoms with Crippen molar-refractivity contribution in [2.75, 3.05) is 5.33 Å². The van der Waals surface area contributed by atoms with Gasteiger partial charge in [0.2, 0.25) is 0 Å². The molecule has 0 radical (unpaired) electrons. The SMILES string of the molecule is CCCC(C)CC1(CBr)CCCCC1. The highest BCUT2D eigenvalue weighted by Crippen LogP contribution is 2.43. The van der Waals surface area contributed by atoms with E-state index in [0.29, 0.717) is 5.41 Å². The minimum Gasteiger partial charge on any atom is -0.0922 e. The van der Waals surface area contributed by atoms with Crippen molar-refractivity contribution >= 4 is 15.9 Å². The fourth-order valence-corrected chi connectivity index (χ4v) is 3.82. The summed E-state index contributed by atoms with van der Waals surface area (Å²) in [7, 11) is 0. The molecule has 1 atom stereocenters. The van der Waals surface area contributed by atoms with E-state index in [0.717, 1.165) is 5.92 Å². The summed E-state index contributed by atoms with van der Waals surface area (Å²) in [5.74, 6) is 0.927. The van der Waals surface area contributed by atoms with Gasteiger partial charge in [-0.05, 0) is 30.6 Å². The van der Waals surface area contributed by atoms with Gasteiger partial charge in [0.1, 0.15) is 0 Å². The molecule has 14 heavy (non-hydrogen) atoms. The first kappa shape index (κ1) is 12.5. The third-order valence-corrected chi connectivity index (χ3v) is 4.95. The molecule has 0 heterocycles. The Morgan fingerprint density at radius 1 is 1.21 bits per heavy atom. The molecule has 1 fully saturated rings. The number of halogens is 1. The van der Waals surface area contributed by atoms with Crippen molar-refractivity contribution in [3.05, 3.63) is 0 Å². The topological polar surface area (TPSA) is 0 Å². The van der Waals surface area contributed by atoms with E-state index in [2.05, 4.69) is 29.8 Å². The van der Waals surface area contributed by atoms with Gasteiger partial charge >= 0.3 is 0 Å². The van der Waals surface area contributed by atoms with Crippen molar-refractivity contribution in [3.63, 3.8) is 0 Å². The normalized spacial score (nSPS) is 23.4. The maximum Gasteiger partial charge on any atom is 0.00880 e. The monoisotopic (exact) mass is 260 g/mol. The number of rotatable bonds is 5. The molecule has 0 N–H and O–H groups in total. The van der Waals surface area contributed by atoms with Gasteiger partial charge in [-0.3, -0.25) is 0 Å². The van der Waals surface area contributed by atoms with Gasteiger partial charge in [0, 0.05) is 5.33 Å². The summed E-state index contributed by atoms with van der Waals surface area (Å²) in [6.45, 7) is 4.74. The molecule has 0 aromatic heterocycles. The lowest BCUT2D eigenvalue weighted by molar-refractivity contribution is 0.173. The van der Waals surface area contributed by atoms with Crippen LogP contribution in [0.15, 0.2) is 0 Å². The van der Waals surface area contributed by atoms with Crippen molar-refractivity contribution in [2.45, 2.75) is 65.2 Å². The standard InChI is InChI=1S/C13H25Br/c1-3-7-12(2)10-13(11-14)8-5-4-6-9-13/h12H,3-11H2,1-2H3. The number of hydrogen-bond acceptors (Lipinski definition) is 0. The lowest BCUT2D eigenvalue weighted by Gasteiger charge is -2.38. The smallest absolute Gasteiger partial charge is 0.00880 e. The highest BCUT2D eigenvalue weighted by Gasteiger charge is 2.31. The van der Waals surface area contributed by atoms with Gasteiger partial charge in [-0.25, -0.2) is 0 Å². The average molecular weight is 261 g/mol. The van der Waals surface area contributed by atoms with Crippen LogP contribution in [0, 0.1) is 11.3 Å². The Hall–Kier alpha value is 0.480. The number of alkyl halides is 1. The third-order valence-electron chi connectivity index (χ3n) is 3.76. The fraction of sp³-hybridized carbons (Fsp3) is 1.00. The first-order valence-corrected chi connectivity index (χ1v) is 7.40. The first-order chi connectivity index (χ1) is 6.72. The highest BCUT2D eigenvalue weighted by molar-refractivity contribution is 9.09. The van der Waals surface area contributed by atoms with Crippen molar-refractivity contribution in [3.8, 4) is 0 Å². The van der Waals surface area contributed by atoms with E-state index in [1.807, 2.05) is 0 Å². The second kappa shape index (κ2) is 6.15. The molecule has 1 aliphatic carbocycles. The lowest BCUT2D eigenvalue weighted by Crippen LogP contribution is -2.28. The maximum absolute atomic E-state index is 3.75. The highest BCUT2D eigenvalue weighted by atomic mass is 79.9. The van der Waals surface area contributed by atoms with Crippen molar-refractivity contribution in [2.24, 2.45) is 11.3 Å². The zero-order valence-electron chi connectivity index (χ0n) is 9.82. The van der Waals surface area contributed by atoms with E-state index in [1.165, 1.54) is 56.7 Å². The van der Waals surface area contributed by atoms with Crippen LogP contribution < -0.4 is 0 Å². The Kier molecular flexibility index (Phi) is 5.51. The molecule has 1 heteroatoms. The first-order valence-electron chi connectivity index (χ1n) is 6.28. The van der Waals surface area contributed by atoms with Crippen molar-refractivity contribution in [1.82, 2.24) is 0 Å². The van der Waals surface area contributed by atoms with E-state index in [9.17, 15) is 0 Å². The van der Waals surface area contributed by atoms with E-state index in [1.54, 1.807) is 0 Å². The average Bonchev–Trinajstić information content (AvgIpc) is 2.19. The molecule has 0 amide bonds. The van der Waals surface area contributed by atoms with E-state index in [4.69, 9.17) is 0 Å². The summed E-state index contributed by atoms with van der Waals surface area (Å²) in [5, 5.41) is 1.23. The summed E-state index contributed by atoms with van der Waals surface area (Å²) in [4.78, 5) is 0. The van der Waals surface area contributed by atoms with Gasteiger partial charge in [0.05, 0.1) is 0 Å². The van der Waals surface area contributed by atoms with Crippen LogP contribution in [-0.4, -0.2) is 5.33 Å². The Morgan fingerprint density at radius 3 is 2.36 bits per heavy atom. The molecule has 1 unspecified atom stereocenters. The van der Waals surface area contributed by atoms with Gasteiger partial charge < -0.3 is 0 Å². The predicted octanol–water partition coefficient (Wildman–Crippen LogP) is 5.16. The largest absolute Gasteiger partial charge is 0.0922 e. The maximum atomic E-state index is 3.75. The Labute approximate surface area is 98.0 Å². The molecule has 0 bridgehead atoms. The van der Waals surface area contributed by atoms with Gasteiger partial charge in [0.15, 0.2) is 0 Å². The van der Waals surface area contributed by atoms with Gasteiger partial charge in [0.25, 0.3) is 0 Å². The Balaban J connectivity index is 2.42. The molecule has 0 nitrogen and oxygen atoms in total. The molecule has 0 saturated heterocycles. The van der Waals surface area contributed by atoms with Crippen LogP contribution >= 0.6 is 15.9 Å².